The Labute approximate surface area is 82.3 Å². The molecule has 0 saturated heterocycles. The first-order chi connectivity index (χ1) is 6.81. The van der Waals surface area contributed by atoms with E-state index in [4.69, 9.17) is 4.74 Å². The van der Waals surface area contributed by atoms with Gasteiger partial charge in [0.1, 0.15) is 5.82 Å². The fourth-order valence-corrected chi connectivity index (χ4v) is 1.67. The number of nitrogens with one attached hydrogen (secondary N) is 1. The van der Waals surface area contributed by atoms with Gasteiger partial charge in [-0.2, -0.15) is 0 Å². The molecular weight excluding hydrogens is 180 g/mol. The van der Waals surface area contributed by atoms with Crippen molar-refractivity contribution in [3.05, 3.63) is 27.4 Å². The molecule has 0 unspecified atom stereocenters. The number of aryl methyl sites for hydroxylation is 1. The Morgan fingerprint density at radius 1 is 1.43 bits per heavy atom. The van der Waals surface area contributed by atoms with Crippen molar-refractivity contribution in [2.24, 2.45) is 0 Å². The first kappa shape index (κ1) is 9.40. The van der Waals surface area contributed by atoms with E-state index in [1.165, 1.54) is 0 Å². The van der Waals surface area contributed by atoms with E-state index in [9.17, 15) is 4.79 Å². The number of fused-ring (bicyclic) bond motifs is 1. The Hall–Kier alpha value is -1.16. The molecule has 0 saturated carbocycles. The van der Waals surface area contributed by atoms with Crippen LogP contribution in [0.3, 0.4) is 0 Å². The fraction of sp³-hybridized carbons (Fsp3) is 0.600. The zero-order valence-corrected chi connectivity index (χ0v) is 8.30. The molecule has 1 aliphatic rings. The minimum absolute atomic E-state index is 0.0114. The van der Waals surface area contributed by atoms with E-state index < -0.39 is 0 Å². The van der Waals surface area contributed by atoms with E-state index in [0.717, 1.165) is 29.9 Å². The molecule has 1 aromatic rings. The van der Waals surface area contributed by atoms with Crippen LogP contribution < -0.4 is 5.56 Å². The van der Waals surface area contributed by atoms with Crippen molar-refractivity contribution >= 4 is 0 Å². The van der Waals surface area contributed by atoms with Crippen LogP contribution in [-0.4, -0.2) is 23.2 Å². The van der Waals surface area contributed by atoms with Gasteiger partial charge in [-0.25, -0.2) is 4.98 Å². The molecular formula is C10H14N2O2. The summed E-state index contributed by atoms with van der Waals surface area (Å²) < 4.78 is 5.31. The zero-order valence-electron chi connectivity index (χ0n) is 8.30. The monoisotopic (exact) mass is 194 g/mol. The van der Waals surface area contributed by atoms with E-state index >= 15 is 0 Å². The van der Waals surface area contributed by atoms with Gasteiger partial charge in [0.25, 0.3) is 5.56 Å². The SMILES string of the molecule is CCc1nc2c(c(=O)[nH]1)CCOCC2. The second-order valence-electron chi connectivity index (χ2n) is 3.40. The molecule has 76 valence electrons. The molecule has 14 heavy (non-hydrogen) atoms. The van der Waals surface area contributed by atoms with E-state index in [0.29, 0.717) is 19.6 Å². The Morgan fingerprint density at radius 2 is 2.21 bits per heavy atom. The Morgan fingerprint density at radius 3 is 3.00 bits per heavy atom. The summed E-state index contributed by atoms with van der Waals surface area (Å²) in [4.78, 5) is 18.9. The Balaban J connectivity index is 2.48. The number of hydrogen-bond acceptors (Lipinski definition) is 3. The van der Waals surface area contributed by atoms with E-state index in [2.05, 4.69) is 9.97 Å². The molecule has 1 N–H and O–H groups in total. The van der Waals surface area contributed by atoms with E-state index in [1.54, 1.807) is 0 Å². The van der Waals surface area contributed by atoms with E-state index in [-0.39, 0.29) is 5.56 Å². The van der Waals surface area contributed by atoms with Gasteiger partial charge in [-0.05, 0) is 0 Å². The largest absolute Gasteiger partial charge is 0.381 e. The summed E-state index contributed by atoms with van der Waals surface area (Å²) in [5.74, 6) is 0.774. The standard InChI is InChI=1S/C10H14N2O2/c1-2-9-11-8-4-6-14-5-3-7(8)10(13)12-9/h2-6H2,1H3,(H,11,12,13). The number of hydrogen-bond donors (Lipinski definition) is 1. The highest BCUT2D eigenvalue weighted by Gasteiger charge is 2.13. The highest BCUT2D eigenvalue weighted by Crippen LogP contribution is 2.07. The second kappa shape index (κ2) is 3.92. The first-order valence-corrected chi connectivity index (χ1v) is 5.00. The summed E-state index contributed by atoms with van der Waals surface area (Å²) in [6, 6.07) is 0. The minimum atomic E-state index is 0.0114. The fourth-order valence-electron chi connectivity index (χ4n) is 1.67. The highest BCUT2D eigenvalue weighted by molar-refractivity contribution is 5.19. The maximum Gasteiger partial charge on any atom is 0.254 e. The van der Waals surface area contributed by atoms with Gasteiger partial charge in [0.2, 0.25) is 0 Å². The van der Waals surface area contributed by atoms with Gasteiger partial charge in [-0.3, -0.25) is 4.79 Å². The van der Waals surface area contributed by atoms with Crippen LogP contribution in [0.15, 0.2) is 4.79 Å². The van der Waals surface area contributed by atoms with Gasteiger partial charge >= 0.3 is 0 Å². The van der Waals surface area contributed by atoms with Crippen LogP contribution in [0.5, 0.6) is 0 Å². The summed E-state index contributed by atoms with van der Waals surface area (Å²) in [7, 11) is 0. The number of aromatic nitrogens is 2. The summed E-state index contributed by atoms with van der Waals surface area (Å²) in [6.45, 7) is 3.29. The molecule has 1 aromatic heterocycles. The second-order valence-corrected chi connectivity index (χ2v) is 3.40. The van der Waals surface area contributed by atoms with Crippen molar-refractivity contribution in [2.45, 2.75) is 26.2 Å². The lowest BCUT2D eigenvalue weighted by molar-refractivity contribution is 0.146. The van der Waals surface area contributed by atoms with Gasteiger partial charge in [0.15, 0.2) is 0 Å². The van der Waals surface area contributed by atoms with Crippen LogP contribution >= 0.6 is 0 Å². The maximum absolute atomic E-state index is 11.6. The van der Waals surface area contributed by atoms with Gasteiger partial charge in [0, 0.05) is 24.8 Å². The molecule has 0 amide bonds. The summed E-state index contributed by atoms with van der Waals surface area (Å²) in [6.07, 6.45) is 2.21. The quantitative estimate of drug-likeness (QED) is 0.706. The average molecular weight is 194 g/mol. The highest BCUT2D eigenvalue weighted by atomic mass is 16.5. The molecule has 0 spiro atoms. The van der Waals surface area contributed by atoms with Crippen molar-refractivity contribution in [2.75, 3.05) is 13.2 Å². The van der Waals surface area contributed by atoms with Gasteiger partial charge in [-0.15, -0.1) is 0 Å². The van der Waals surface area contributed by atoms with Gasteiger partial charge in [-0.1, -0.05) is 6.92 Å². The first-order valence-electron chi connectivity index (χ1n) is 5.00. The van der Waals surface area contributed by atoms with Crippen LogP contribution in [0.25, 0.3) is 0 Å². The zero-order chi connectivity index (χ0) is 9.97. The number of nitrogens with zero attached hydrogens (tertiary/aromatic N) is 1. The third-order valence-corrected chi connectivity index (χ3v) is 2.46. The maximum atomic E-state index is 11.6. The van der Waals surface area contributed by atoms with Crippen molar-refractivity contribution in [1.29, 1.82) is 0 Å². The van der Waals surface area contributed by atoms with Crippen molar-refractivity contribution in [3.8, 4) is 0 Å². The van der Waals surface area contributed by atoms with Crippen LogP contribution in [0, 0.1) is 0 Å². The van der Waals surface area contributed by atoms with E-state index in [1.807, 2.05) is 6.92 Å². The molecule has 2 rings (SSSR count). The number of ether oxygens (including phenoxy) is 1. The third-order valence-electron chi connectivity index (χ3n) is 2.46. The molecule has 0 aliphatic carbocycles. The molecule has 2 heterocycles. The molecule has 4 heteroatoms. The summed E-state index contributed by atoms with van der Waals surface area (Å²) in [5, 5.41) is 0. The van der Waals surface area contributed by atoms with Crippen molar-refractivity contribution in [1.82, 2.24) is 9.97 Å². The van der Waals surface area contributed by atoms with Crippen molar-refractivity contribution < 1.29 is 4.74 Å². The number of H-pyrrole nitrogens is 1. The molecule has 1 aliphatic heterocycles. The number of aromatic amines is 1. The normalized spacial score (nSPS) is 16.1. The van der Waals surface area contributed by atoms with Crippen LogP contribution in [-0.2, 0) is 24.0 Å². The molecule has 0 atom stereocenters. The predicted molar refractivity (Wildman–Crippen MR) is 52.5 cm³/mol. The lowest BCUT2D eigenvalue weighted by Crippen LogP contribution is -2.20. The van der Waals surface area contributed by atoms with Gasteiger partial charge < -0.3 is 9.72 Å². The molecule has 0 radical (unpaired) electrons. The molecule has 4 nitrogen and oxygen atoms in total. The van der Waals surface area contributed by atoms with Crippen LogP contribution in [0.2, 0.25) is 0 Å². The Kier molecular flexibility index (Phi) is 2.63. The topological polar surface area (TPSA) is 55.0 Å². The molecule has 0 aromatic carbocycles. The summed E-state index contributed by atoms with van der Waals surface area (Å²) >= 11 is 0. The van der Waals surface area contributed by atoms with Crippen LogP contribution in [0.1, 0.15) is 24.0 Å². The van der Waals surface area contributed by atoms with Crippen LogP contribution in [0.4, 0.5) is 0 Å². The lowest BCUT2D eigenvalue weighted by Gasteiger charge is -2.04. The smallest absolute Gasteiger partial charge is 0.254 e. The summed E-state index contributed by atoms with van der Waals surface area (Å²) in [5.41, 5.74) is 1.74. The Bertz CT molecular complexity index is 384. The predicted octanol–water partition coefficient (Wildman–Crippen LogP) is 0.447. The lowest BCUT2D eigenvalue weighted by atomic mass is 10.1. The molecule has 0 fully saturated rings. The van der Waals surface area contributed by atoms with Gasteiger partial charge in [0.05, 0.1) is 18.9 Å². The average Bonchev–Trinajstić information content (AvgIpc) is 2.42. The third kappa shape index (κ3) is 1.70. The molecule has 0 bridgehead atoms. The minimum Gasteiger partial charge on any atom is -0.381 e. The number of rotatable bonds is 1. The van der Waals surface area contributed by atoms with Crippen molar-refractivity contribution in [3.63, 3.8) is 0 Å².